The van der Waals surface area contributed by atoms with Gasteiger partial charge in [0.25, 0.3) is 0 Å². The third-order valence-corrected chi connectivity index (χ3v) is 4.31. The summed E-state index contributed by atoms with van der Waals surface area (Å²) in [5.74, 6) is -0.409. The molecule has 106 valence electrons. The van der Waals surface area contributed by atoms with Crippen molar-refractivity contribution < 1.29 is 4.39 Å². The Balaban J connectivity index is 2.28. The molecule has 0 bridgehead atoms. The van der Waals surface area contributed by atoms with Gasteiger partial charge in [-0.2, -0.15) is 0 Å². The van der Waals surface area contributed by atoms with Gasteiger partial charge in [-0.15, -0.1) is 0 Å². The smallest absolute Gasteiger partial charge is 0.142 e. The Labute approximate surface area is 132 Å². The quantitative estimate of drug-likeness (QED) is 0.802. The highest BCUT2D eigenvalue weighted by Crippen LogP contribution is 2.29. The fourth-order valence-corrected chi connectivity index (χ4v) is 2.55. The molecule has 1 atom stereocenters. The van der Waals surface area contributed by atoms with Crippen LogP contribution in [0.15, 0.2) is 36.4 Å². The van der Waals surface area contributed by atoms with Crippen LogP contribution in [-0.2, 0) is 6.42 Å². The van der Waals surface area contributed by atoms with Gasteiger partial charge in [0, 0.05) is 6.04 Å². The topological polar surface area (TPSA) is 12.0 Å². The summed E-state index contributed by atoms with van der Waals surface area (Å²) in [7, 11) is 1.83. The molecule has 1 unspecified atom stereocenters. The molecule has 2 aromatic carbocycles. The highest BCUT2D eigenvalue weighted by Gasteiger charge is 2.15. The Morgan fingerprint density at radius 3 is 2.50 bits per heavy atom. The van der Waals surface area contributed by atoms with Crippen molar-refractivity contribution in [3.8, 4) is 0 Å². The minimum Gasteiger partial charge on any atom is -0.313 e. The lowest BCUT2D eigenvalue weighted by molar-refractivity contribution is 0.584. The highest BCUT2D eigenvalue weighted by molar-refractivity contribution is 6.42. The van der Waals surface area contributed by atoms with Crippen molar-refractivity contribution in [1.29, 1.82) is 0 Å². The van der Waals surface area contributed by atoms with Crippen molar-refractivity contribution >= 4 is 34.8 Å². The van der Waals surface area contributed by atoms with Crippen molar-refractivity contribution in [2.24, 2.45) is 0 Å². The van der Waals surface area contributed by atoms with Crippen LogP contribution < -0.4 is 5.32 Å². The molecule has 0 amide bonds. The molecule has 0 saturated heterocycles. The molecule has 0 spiro atoms. The largest absolute Gasteiger partial charge is 0.313 e. The first-order chi connectivity index (χ1) is 9.52. The summed E-state index contributed by atoms with van der Waals surface area (Å²) >= 11 is 17.9. The Kier molecular flexibility index (Phi) is 5.28. The lowest BCUT2D eigenvalue weighted by Gasteiger charge is -2.18. The average Bonchev–Trinajstić information content (AvgIpc) is 2.44. The standard InChI is InChI=1S/C15H13Cl3FN/c1-20-14(9-5-6-11(16)12(17)7-9)8-10-3-2-4-13(19)15(10)18/h2-7,14,20H,8H2,1H3. The summed E-state index contributed by atoms with van der Waals surface area (Å²) in [6.45, 7) is 0. The number of hydrogen-bond acceptors (Lipinski definition) is 1. The van der Waals surface area contributed by atoms with E-state index in [9.17, 15) is 4.39 Å². The third kappa shape index (κ3) is 3.44. The van der Waals surface area contributed by atoms with Gasteiger partial charge >= 0.3 is 0 Å². The molecule has 0 saturated carbocycles. The van der Waals surface area contributed by atoms with Crippen molar-refractivity contribution in [3.63, 3.8) is 0 Å². The second kappa shape index (κ2) is 6.77. The van der Waals surface area contributed by atoms with Gasteiger partial charge in [0.2, 0.25) is 0 Å². The zero-order valence-corrected chi connectivity index (χ0v) is 13.0. The van der Waals surface area contributed by atoms with Crippen LogP contribution in [0.25, 0.3) is 0 Å². The molecule has 5 heteroatoms. The van der Waals surface area contributed by atoms with Gasteiger partial charge in [0.1, 0.15) is 5.82 Å². The molecule has 1 N–H and O–H groups in total. The predicted octanol–water partition coefficient (Wildman–Crippen LogP) is 5.29. The van der Waals surface area contributed by atoms with E-state index in [2.05, 4.69) is 5.32 Å². The van der Waals surface area contributed by atoms with Crippen molar-refractivity contribution in [2.75, 3.05) is 7.05 Å². The van der Waals surface area contributed by atoms with E-state index in [1.54, 1.807) is 18.2 Å². The molecule has 0 heterocycles. The molecule has 2 aromatic rings. The first-order valence-electron chi connectivity index (χ1n) is 6.08. The van der Waals surface area contributed by atoms with Crippen molar-refractivity contribution in [2.45, 2.75) is 12.5 Å². The van der Waals surface area contributed by atoms with E-state index in [4.69, 9.17) is 34.8 Å². The van der Waals surface area contributed by atoms with Gasteiger partial charge in [-0.1, -0.05) is 53.0 Å². The van der Waals surface area contributed by atoms with E-state index in [0.717, 1.165) is 11.1 Å². The summed E-state index contributed by atoms with van der Waals surface area (Å²) in [4.78, 5) is 0. The van der Waals surface area contributed by atoms with Crippen LogP contribution in [0.5, 0.6) is 0 Å². The van der Waals surface area contributed by atoms with Gasteiger partial charge < -0.3 is 5.32 Å². The third-order valence-electron chi connectivity index (χ3n) is 3.15. The number of likely N-dealkylation sites (N-methyl/N-ethyl adjacent to an activating group) is 1. The highest BCUT2D eigenvalue weighted by atomic mass is 35.5. The fourth-order valence-electron chi connectivity index (χ4n) is 2.04. The van der Waals surface area contributed by atoms with E-state index >= 15 is 0 Å². The van der Waals surface area contributed by atoms with Gasteiger partial charge in [0.05, 0.1) is 15.1 Å². The molecule has 0 aliphatic rings. The van der Waals surface area contributed by atoms with E-state index in [0.29, 0.717) is 16.5 Å². The van der Waals surface area contributed by atoms with E-state index in [-0.39, 0.29) is 11.1 Å². The Bertz CT molecular complexity index is 616. The molecule has 2 rings (SSSR count). The molecular formula is C15H13Cl3FN. The first kappa shape index (κ1) is 15.6. The van der Waals surface area contributed by atoms with Crippen LogP contribution in [0, 0.1) is 5.82 Å². The van der Waals surface area contributed by atoms with Crippen LogP contribution in [0.2, 0.25) is 15.1 Å². The number of hydrogen-bond donors (Lipinski definition) is 1. The van der Waals surface area contributed by atoms with E-state index < -0.39 is 5.82 Å². The van der Waals surface area contributed by atoms with Crippen LogP contribution in [-0.4, -0.2) is 7.05 Å². The Hall–Kier alpha value is -0.800. The summed E-state index contributed by atoms with van der Waals surface area (Å²) in [6.07, 6.45) is 0.561. The first-order valence-corrected chi connectivity index (χ1v) is 7.21. The van der Waals surface area contributed by atoms with E-state index in [1.807, 2.05) is 19.2 Å². The molecule has 0 aliphatic carbocycles. The second-order valence-electron chi connectivity index (χ2n) is 4.43. The van der Waals surface area contributed by atoms with Crippen LogP contribution in [0.3, 0.4) is 0 Å². The minimum atomic E-state index is -0.409. The lowest BCUT2D eigenvalue weighted by atomic mass is 9.99. The summed E-state index contributed by atoms with van der Waals surface area (Å²) in [6, 6.07) is 10.2. The maximum atomic E-state index is 13.5. The van der Waals surface area contributed by atoms with Crippen molar-refractivity contribution in [3.05, 3.63) is 68.4 Å². The number of halogens is 4. The zero-order valence-electron chi connectivity index (χ0n) is 10.8. The number of rotatable bonds is 4. The Morgan fingerprint density at radius 1 is 1.10 bits per heavy atom. The van der Waals surface area contributed by atoms with Gasteiger partial charge in [-0.05, 0) is 42.8 Å². The van der Waals surface area contributed by atoms with Gasteiger partial charge in [-0.25, -0.2) is 4.39 Å². The molecule has 0 fully saturated rings. The maximum absolute atomic E-state index is 13.5. The lowest BCUT2D eigenvalue weighted by Crippen LogP contribution is -2.19. The van der Waals surface area contributed by atoms with Crippen LogP contribution >= 0.6 is 34.8 Å². The molecule has 0 aromatic heterocycles. The SMILES string of the molecule is CNC(Cc1cccc(F)c1Cl)c1ccc(Cl)c(Cl)c1. The van der Waals surface area contributed by atoms with E-state index in [1.165, 1.54) is 6.07 Å². The normalized spacial score (nSPS) is 12.4. The molecular weight excluding hydrogens is 320 g/mol. The molecule has 0 aliphatic heterocycles. The van der Waals surface area contributed by atoms with Crippen LogP contribution in [0.1, 0.15) is 17.2 Å². The maximum Gasteiger partial charge on any atom is 0.142 e. The van der Waals surface area contributed by atoms with Crippen molar-refractivity contribution in [1.82, 2.24) is 5.32 Å². The molecule has 1 nitrogen and oxygen atoms in total. The molecule has 0 radical (unpaired) electrons. The number of nitrogens with one attached hydrogen (secondary N) is 1. The average molecular weight is 333 g/mol. The van der Waals surface area contributed by atoms with Gasteiger partial charge in [0.15, 0.2) is 0 Å². The number of benzene rings is 2. The van der Waals surface area contributed by atoms with Gasteiger partial charge in [-0.3, -0.25) is 0 Å². The predicted molar refractivity (Wildman–Crippen MR) is 83.4 cm³/mol. The monoisotopic (exact) mass is 331 g/mol. The minimum absolute atomic E-state index is 0.0240. The summed E-state index contributed by atoms with van der Waals surface area (Å²) < 4.78 is 13.5. The summed E-state index contributed by atoms with van der Waals surface area (Å²) in [5.41, 5.74) is 1.72. The zero-order chi connectivity index (χ0) is 14.7. The Morgan fingerprint density at radius 2 is 1.85 bits per heavy atom. The summed E-state index contributed by atoms with van der Waals surface area (Å²) in [5, 5.41) is 4.34. The second-order valence-corrected chi connectivity index (χ2v) is 5.62. The fraction of sp³-hybridized carbons (Fsp3) is 0.200. The molecule has 20 heavy (non-hydrogen) atoms. The van der Waals surface area contributed by atoms with Crippen LogP contribution in [0.4, 0.5) is 4.39 Å².